The fourth-order valence-corrected chi connectivity index (χ4v) is 1.85. The number of hydrogen-bond donors (Lipinski definition) is 4. The molecule has 0 aliphatic carbocycles. The van der Waals surface area contributed by atoms with Gasteiger partial charge >= 0.3 is 0 Å². The molecule has 1 saturated heterocycles. The van der Waals surface area contributed by atoms with Crippen LogP contribution >= 0.6 is 0 Å². The summed E-state index contributed by atoms with van der Waals surface area (Å²) in [5.41, 5.74) is 11.7. The Morgan fingerprint density at radius 1 is 1.42 bits per heavy atom. The van der Waals surface area contributed by atoms with Crippen molar-refractivity contribution in [2.45, 2.75) is 31.3 Å². The molecule has 2 aliphatic heterocycles. The smallest absolute Gasteiger partial charge is 0.108 e. The lowest BCUT2D eigenvalue weighted by molar-refractivity contribution is 0.343. The SMILES string of the molecule is NC1=CC(C2CCCCN2)NN1. The van der Waals surface area contributed by atoms with Crippen molar-refractivity contribution in [1.82, 2.24) is 16.2 Å². The molecule has 0 aromatic heterocycles. The monoisotopic (exact) mass is 168 g/mol. The van der Waals surface area contributed by atoms with E-state index in [-0.39, 0.29) is 0 Å². The minimum absolute atomic E-state index is 0.366. The van der Waals surface area contributed by atoms with E-state index in [0.29, 0.717) is 12.1 Å². The van der Waals surface area contributed by atoms with Crippen LogP contribution in [0, 0.1) is 0 Å². The molecule has 2 rings (SSSR count). The van der Waals surface area contributed by atoms with E-state index in [1.165, 1.54) is 19.3 Å². The minimum atomic E-state index is 0.366. The lowest BCUT2D eigenvalue weighted by Gasteiger charge is -2.27. The molecule has 0 saturated carbocycles. The summed E-state index contributed by atoms with van der Waals surface area (Å²) in [4.78, 5) is 0. The van der Waals surface area contributed by atoms with Crippen molar-refractivity contribution >= 4 is 0 Å². The van der Waals surface area contributed by atoms with Gasteiger partial charge in [-0.15, -0.1) is 0 Å². The first-order valence-electron chi connectivity index (χ1n) is 4.58. The van der Waals surface area contributed by atoms with E-state index >= 15 is 0 Å². The van der Waals surface area contributed by atoms with Crippen molar-refractivity contribution in [3.63, 3.8) is 0 Å². The third-order valence-electron chi connectivity index (χ3n) is 2.52. The van der Waals surface area contributed by atoms with Gasteiger partial charge in [0.2, 0.25) is 0 Å². The Balaban J connectivity index is 1.91. The Bertz CT molecular complexity index is 183. The van der Waals surface area contributed by atoms with E-state index in [9.17, 15) is 0 Å². The molecule has 12 heavy (non-hydrogen) atoms. The molecule has 1 fully saturated rings. The Morgan fingerprint density at radius 2 is 2.33 bits per heavy atom. The normalized spacial score (nSPS) is 35.8. The maximum Gasteiger partial charge on any atom is 0.108 e. The highest BCUT2D eigenvalue weighted by atomic mass is 15.4. The number of nitrogens with one attached hydrogen (secondary N) is 3. The third kappa shape index (κ3) is 1.54. The lowest BCUT2D eigenvalue weighted by Crippen LogP contribution is -2.49. The van der Waals surface area contributed by atoms with E-state index < -0.39 is 0 Å². The first-order valence-corrected chi connectivity index (χ1v) is 4.58. The molecule has 0 spiro atoms. The van der Waals surface area contributed by atoms with Crippen LogP contribution in [0.2, 0.25) is 0 Å². The molecular weight excluding hydrogens is 152 g/mol. The van der Waals surface area contributed by atoms with Crippen LogP contribution < -0.4 is 21.9 Å². The van der Waals surface area contributed by atoms with Crippen LogP contribution in [0.15, 0.2) is 11.9 Å². The van der Waals surface area contributed by atoms with Crippen LogP contribution in [0.5, 0.6) is 0 Å². The third-order valence-corrected chi connectivity index (χ3v) is 2.52. The molecule has 4 nitrogen and oxygen atoms in total. The Hall–Kier alpha value is -0.740. The van der Waals surface area contributed by atoms with Crippen LogP contribution in [-0.2, 0) is 0 Å². The molecule has 0 aromatic rings. The second-order valence-electron chi connectivity index (χ2n) is 3.47. The summed E-state index contributed by atoms with van der Waals surface area (Å²) in [6, 6.07) is 0.914. The number of nitrogens with two attached hydrogens (primary N) is 1. The zero-order chi connectivity index (χ0) is 8.39. The maximum atomic E-state index is 5.59. The van der Waals surface area contributed by atoms with Gasteiger partial charge in [0, 0.05) is 6.04 Å². The van der Waals surface area contributed by atoms with Gasteiger partial charge in [-0.3, -0.25) is 0 Å². The summed E-state index contributed by atoms with van der Waals surface area (Å²) >= 11 is 0. The Labute approximate surface area is 72.6 Å². The zero-order valence-corrected chi connectivity index (χ0v) is 7.14. The van der Waals surface area contributed by atoms with Gasteiger partial charge in [-0.1, -0.05) is 6.42 Å². The average molecular weight is 168 g/mol. The first kappa shape index (κ1) is 7.89. The molecule has 2 heterocycles. The standard InChI is InChI=1S/C8H16N4/c9-8-5-7(11-12-8)6-3-1-2-4-10-6/h5-7,10-12H,1-4,9H2. The van der Waals surface area contributed by atoms with Crippen molar-refractivity contribution in [3.05, 3.63) is 11.9 Å². The maximum absolute atomic E-state index is 5.59. The van der Waals surface area contributed by atoms with Crippen molar-refractivity contribution in [1.29, 1.82) is 0 Å². The highest BCUT2D eigenvalue weighted by molar-refractivity contribution is 5.10. The molecule has 0 amide bonds. The van der Waals surface area contributed by atoms with Crippen molar-refractivity contribution < 1.29 is 0 Å². The highest BCUT2D eigenvalue weighted by Gasteiger charge is 2.24. The van der Waals surface area contributed by atoms with E-state index in [1.807, 2.05) is 6.08 Å². The van der Waals surface area contributed by atoms with Gasteiger partial charge in [0.25, 0.3) is 0 Å². The van der Waals surface area contributed by atoms with E-state index in [2.05, 4.69) is 16.2 Å². The van der Waals surface area contributed by atoms with E-state index in [4.69, 9.17) is 5.73 Å². The second kappa shape index (κ2) is 3.33. The number of piperidine rings is 1. The summed E-state index contributed by atoms with van der Waals surface area (Å²) in [5, 5.41) is 3.48. The van der Waals surface area contributed by atoms with Gasteiger partial charge in [-0.2, -0.15) is 0 Å². The van der Waals surface area contributed by atoms with Crippen molar-refractivity contribution in [3.8, 4) is 0 Å². The molecule has 2 aliphatic rings. The topological polar surface area (TPSA) is 62.1 Å². The summed E-state index contributed by atoms with van der Waals surface area (Å²) in [5.74, 6) is 0.743. The molecule has 2 atom stereocenters. The summed E-state index contributed by atoms with van der Waals surface area (Å²) in [6.45, 7) is 1.14. The molecule has 68 valence electrons. The van der Waals surface area contributed by atoms with Crippen LogP contribution in [0.1, 0.15) is 19.3 Å². The minimum Gasteiger partial charge on any atom is -0.385 e. The van der Waals surface area contributed by atoms with Crippen LogP contribution in [0.25, 0.3) is 0 Å². The van der Waals surface area contributed by atoms with E-state index in [0.717, 1.165) is 12.4 Å². The van der Waals surface area contributed by atoms with Crippen LogP contribution in [0.4, 0.5) is 0 Å². The summed E-state index contributed by atoms with van der Waals surface area (Å²) in [6.07, 6.45) is 5.91. The largest absolute Gasteiger partial charge is 0.385 e. The van der Waals surface area contributed by atoms with Gasteiger partial charge in [0.15, 0.2) is 0 Å². The van der Waals surface area contributed by atoms with Gasteiger partial charge < -0.3 is 16.5 Å². The van der Waals surface area contributed by atoms with Crippen molar-refractivity contribution in [2.75, 3.05) is 6.54 Å². The van der Waals surface area contributed by atoms with Gasteiger partial charge in [-0.25, -0.2) is 5.43 Å². The predicted molar refractivity (Wildman–Crippen MR) is 48.0 cm³/mol. The summed E-state index contributed by atoms with van der Waals surface area (Å²) < 4.78 is 0. The first-order chi connectivity index (χ1) is 5.86. The van der Waals surface area contributed by atoms with Gasteiger partial charge in [0.1, 0.15) is 5.82 Å². The average Bonchev–Trinajstić information content (AvgIpc) is 2.54. The molecule has 0 aromatic carbocycles. The molecule has 5 N–H and O–H groups in total. The molecule has 2 unspecified atom stereocenters. The highest BCUT2D eigenvalue weighted by Crippen LogP contribution is 2.12. The fourth-order valence-electron chi connectivity index (χ4n) is 1.85. The van der Waals surface area contributed by atoms with Crippen LogP contribution in [0.3, 0.4) is 0 Å². The lowest BCUT2D eigenvalue weighted by atomic mass is 9.99. The number of hydrazine groups is 1. The van der Waals surface area contributed by atoms with Crippen LogP contribution in [-0.4, -0.2) is 18.6 Å². The number of hydrogen-bond acceptors (Lipinski definition) is 4. The van der Waals surface area contributed by atoms with Gasteiger partial charge in [0.05, 0.1) is 6.04 Å². The van der Waals surface area contributed by atoms with Gasteiger partial charge in [-0.05, 0) is 25.5 Å². The predicted octanol–water partition coefficient (Wildman–Crippen LogP) is -0.595. The van der Waals surface area contributed by atoms with Crippen molar-refractivity contribution in [2.24, 2.45) is 5.73 Å². The summed E-state index contributed by atoms with van der Waals surface area (Å²) in [7, 11) is 0. The fraction of sp³-hybridized carbons (Fsp3) is 0.750. The van der Waals surface area contributed by atoms with E-state index in [1.54, 1.807) is 0 Å². The Morgan fingerprint density at radius 3 is 2.92 bits per heavy atom. The molecular formula is C8H16N4. The second-order valence-corrected chi connectivity index (χ2v) is 3.47. The molecule has 4 heteroatoms. The number of rotatable bonds is 1. The zero-order valence-electron chi connectivity index (χ0n) is 7.14. The molecule has 0 radical (unpaired) electrons. The molecule has 0 bridgehead atoms. The Kier molecular flexibility index (Phi) is 2.19. The quantitative estimate of drug-likeness (QED) is 0.422.